The number of ether oxygens (including phenoxy) is 2. The SMILES string of the molecule is COc1ccc(-c2cc(C=C3CCOCC3)nc(N3CCNC(C)(C)C3)c2)cc1. The van der Waals surface area contributed by atoms with Crippen molar-refractivity contribution in [3.8, 4) is 16.9 Å². The lowest BCUT2D eigenvalue weighted by Gasteiger charge is -2.40. The van der Waals surface area contributed by atoms with Crippen molar-refractivity contribution < 1.29 is 9.47 Å². The summed E-state index contributed by atoms with van der Waals surface area (Å²) in [7, 11) is 1.70. The molecular formula is C24H31N3O2. The van der Waals surface area contributed by atoms with Crippen LogP contribution in [-0.4, -0.2) is 50.5 Å². The topological polar surface area (TPSA) is 46.6 Å². The molecule has 2 aliphatic rings. The molecule has 5 nitrogen and oxygen atoms in total. The van der Waals surface area contributed by atoms with E-state index in [9.17, 15) is 0 Å². The van der Waals surface area contributed by atoms with Crippen molar-refractivity contribution in [1.29, 1.82) is 0 Å². The van der Waals surface area contributed by atoms with Crippen molar-refractivity contribution in [2.24, 2.45) is 0 Å². The van der Waals surface area contributed by atoms with E-state index in [0.717, 1.165) is 63.0 Å². The van der Waals surface area contributed by atoms with Gasteiger partial charge in [0.1, 0.15) is 11.6 Å². The third-order valence-corrected chi connectivity index (χ3v) is 5.64. The number of aromatic nitrogens is 1. The molecule has 0 saturated carbocycles. The van der Waals surface area contributed by atoms with E-state index in [4.69, 9.17) is 14.5 Å². The van der Waals surface area contributed by atoms with Crippen LogP contribution < -0.4 is 15.0 Å². The van der Waals surface area contributed by atoms with Gasteiger partial charge in [0.15, 0.2) is 0 Å². The van der Waals surface area contributed by atoms with Crippen molar-refractivity contribution >= 4 is 11.9 Å². The van der Waals surface area contributed by atoms with Gasteiger partial charge in [-0.25, -0.2) is 4.98 Å². The number of nitrogens with zero attached hydrogens (tertiary/aromatic N) is 2. The van der Waals surface area contributed by atoms with E-state index in [1.165, 1.54) is 16.7 Å². The molecule has 0 spiro atoms. The van der Waals surface area contributed by atoms with Crippen LogP contribution in [0.4, 0.5) is 5.82 Å². The number of rotatable bonds is 4. The highest BCUT2D eigenvalue weighted by Crippen LogP contribution is 2.29. The molecule has 154 valence electrons. The van der Waals surface area contributed by atoms with E-state index in [2.05, 4.69) is 54.4 Å². The number of hydrogen-bond acceptors (Lipinski definition) is 5. The van der Waals surface area contributed by atoms with Crippen LogP contribution in [0.15, 0.2) is 42.0 Å². The Kier molecular flexibility index (Phi) is 5.88. The van der Waals surface area contributed by atoms with E-state index in [-0.39, 0.29) is 5.54 Å². The summed E-state index contributed by atoms with van der Waals surface area (Å²) in [5, 5.41) is 3.59. The van der Waals surface area contributed by atoms with E-state index in [0.29, 0.717) is 0 Å². The summed E-state index contributed by atoms with van der Waals surface area (Å²) in [6.45, 7) is 8.98. The van der Waals surface area contributed by atoms with Crippen LogP contribution in [0.2, 0.25) is 0 Å². The van der Waals surface area contributed by atoms with Gasteiger partial charge < -0.3 is 19.7 Å². The fraction of sp³-hybridized carbons (Fsp3) is 0.458. The largest absolute Gasteiger partial charge is 0.497 e. The van der Waals surface area contributed by atoms with Crippen molar-refractivity contribution in [2.75, 3.05) is 44.9 Å². The second-order valence-corrected chi connectivity index (χ2v) is 8.51. The molecule has 0 atom stereocenters. The zero-order valence-electron chi connectivity index (χ0n) is 17.7. The Morgan fingerprint density at radius 1 is 1.10 bits per heavy atom. The normalized spacial score (nSPS) is 19.1. The minimum atomic E-state index is 0.0788. The molecule has 1 aromatic carbocycles. The standard InChI is InChI=1S/C24H31N3O2/c1-24(2)17-27(11-10-25-24)23-16-20(19-4-6-22(28-3)7-5-19)15-21(26-23)14-18-8-12-29-13-9-18/h4-7,14-16,25H,8-13,17H2,1-3H3. The van der Waals surface area contributed by atoms with Crippen molar-refractivity contribution in [3.05, 3.63) is 47.7 Å². The molecule has 0 bridgehead atoms. The average Bonchev–Trinajstić information content (AvgIpc) is 2.73. The van der Waals surface area contributed by atoms with Gasteiger partial charge in [-0.2, -0.15) is 0 Å². The molecule has 5 heteroatoms. The monoisotopic (exact) mass is 393 g/mol. The second-order valence-electron chi connectivity index (χ2n) is 8.51. The predicted octanol–water partition coefficient (Wildman–Crippen LogP) is 4.14. The first kappa shape index (κ1) is 19.9. The zero-order chi connectivity index (χ0) is 20.3. The highest BCUT2D eigenvalue weighted by atomic mass is 16.5. The van der Waals surface area contributed by atoms with Crippen LogP contribution in [-0.2, 0) is 4.74 Å². The number of pyridine rings is 1. The van der Waals surface area contributed by atoms with Crippen LogP contribution >= 0.6 is 0 Å². The van der Waals surface area contributed by atoms with Crippen LogP contribution in [0.1, 0.15) is 32.4 Å². The fourth-order valence-electron chi connectivity index (χ4n) is 4.05. The molecule has 3 heterocycles. The third-order valence-electron chi connectivity index (χ3n) is 5.64. The summed E-state index contributed by atoms with van der Waals surface area (Å²) in [6, 6.07) is 12.7. The second kappa shape index (κ2) is 8.56. The Bertz CT molecular complexity index is 866. The number of hydrogen-bond donors (Lipinski definition) is 1. The summed E-state index contributed by atoms with van der Waals surface area (Å²) in [6.07, 6.45) is 4.24. The molecule has 0 radical (unpaired) electrons. The zero-order valence-corrected chi connectivity index (χ0v) is 17.7. The van der Waals surface area contributed by atoms with E-state index in [1.54, 1.807) is 7.11 Å². The van der Waals surface area contributed by atoms with Gasteiger partial charge in [-0.05, 0) is 68.2 Å². The molecule has 2 aromatic rings. The molecule has 29 heavy (non-hydrogen) atoms. The Morgan fingerprint density at radius 2 is 1.86 bits per heavy atom. The maximum Gasteiger partial charge on any atom is 0.129 e. The van der Waals surface area contributed by atoms with E-state index < -0.39 is 0 Å². The summed E-state index contributed by atoms with van der Waals surface area (Å²) in [4.78, 5) is 7.43. The third kappa shape index (κ3) is 4.98. The Labute approximate surface area is 173 Å². The Balaban J connectivity index is 1.72. The summed E-state index contributed by atoms with van der Waals surface area (Å²) in [5.41, 5.74) is 4.89. The van der Waals surface area contributed by atoms with E-state index >= 15 is 0 Å². The van der Waals surface area contributed by atoms with Gasteiger partial charge in [0.25, 0.3) is 0 Å². The molecule has 2 fully saturated rings. The first-order chi connectivity index (χ1) is 14.0. The number of anilines is 1. The smallest absolute Gasteiger partial charge is 0.129 e. The number of methoxy groups -OCH3 is 1. The van der Waals surface area contributed by atoms with Crippen LogP contribution in [0, 0.1) is 0 Å². The molecule has 0 amide bonds. The summed E-state index contributed by atoms with van der Waals surface area (Å²) >= 11 is 0. The molecule has 4 rings (SSSR count). The Hall–Kier alpha value is -2.37. The van der Waals surface area contributed by atoms with Gasteiger partial charge in [-0.15, -0.1) is 0 Å². The highest BCUT2D eigenvalue weighted by Gasteiger charge is 2.26. The van der Waals surface area contributed by atoms with Gasteiger partial charge in [0.05, 0.1) is 26.0 Å². The number of piperazine rings is 1. The van der Waals surface area contributed by atoms with Crippen molar-refractivity contribution in [2.45, 2.75) is 32.2 Å². The minimum absolute atomic E-state index is 0.0788. The molecule has 1 N–H and O–H groups in total. The maximum atomic E-state index is 5.51. The number of benzene rings is 1. The number of nitrogens with one attached hydrogen (secondary N) is 1. The van der Waals surface area contributed by atoms with Crippen LogP contribution in [0.25, 0.3) is 17.2 Å². The molecule has 1 aromatic heterocycles. The average molecular weight is 394 g/mol. The maximum absolute atomic E-state index is 5.51. The quantitative estimate of drug-likeness (QED) is 0.846. The first-order valence-electron chi connectivity index (χ1n) is 10.5. The summed E-state index contributed by atoms with van der Waals surface area (Å²) in [5.74, 6) is 1.92. The molecule has 0 unspecified atom stereocenters. The van der Waals surface area contributed by atoms with Gasteiger partial charge in [-0.3, -0.25) is 0 Å². The van der Waals surface area contributed by atoms with Crippen molar-refractivity contribution in [3.63, 3.8) is 0 Å². The lowest BCUT2D eigenvalue weighted by Crippen LogP contribution is -2.57. The molecular weight excluding hydrogens is 362 g/mol. The lowest BCUT2D eigenvalue weighted by molar-refractivity contribution is 0.119. The predicted molar refractivity (Wildman–Crippen MR) is 119 cm³/mol. The van der Waals surface area contributed by atoms with Gasteiger partial charge in [0, 0.05) is 25.2 Å². The van der Waals surface area contributed by atoms with Crippen molar-refractivity contribution in [1.82, 2.24) is 10.3 Å². The summed E-state index contributed by atoms with van der Waals surface area (Å²) < 4.78 is 10.8. The first-order valence-corrected chi connectivity index (χ1v) is 10.5. The van der Waals surface area contributed by atoms with Crippen LogP contribution in [0.3, 0.4) is 0 Å². The molecule has 2 saturated heterocycles. The van der Waals surface area contributed by atoms with Gasteiger partial charge in [0.2, 0.25) is 0 Å². The van der Waals surface area contributed by atoms with Gasteiger partial charge >= 0.3 is 0 Å². The molecule has 2 aliphatic heterocycles. The fourth-order valence-corrected chi connectivity index (χ4v) is 4.05. The Morgan fingerprint density at radius 3 is 2.55 bits per heavy atom. The lowest BCUT2D eigenvalue weighted by atomic mass is 10.0. The van der Waals surface area contributed by atoms with Crippen LogP contribution in [0.5, 0.6) is 5.75 Å². The highest BCUT2D eigenvalue weighted by molar-refractivity contribution is 5.71. The minimum Gasteiger partial charge on any atom is -0.497 e. The van der Waals surface area contributed by atoms with Gasteiger partial charge in [-0.1, -0.05) is 17.7 Å². The van der Waals surface area contributed by atoms with E-state index in [1.807, 2.05) is 12.1 Å². The molecule has 0 aliphatic carbocycles.